The Bertz CT molecular complexity index is 1120. The second-order valence-corrected chi connectivity index (χ2v) is 8.15. The fraction of sp³-hybridized carbons (Fsp3) is 0.308. The summed E-state index contributed by atoms with van der Waals surface area (Å²) in [6.07, 6.45) is 0.0252. The van der Waals surface area contributed by atoms with Gasteiger partial charge in [0.15, 0.2) is 6.10 Å². The van der Waals surface area contributed by atoms with E-state index in [1.165, 1.54) is 0 Å². The molecule has 1 fully saturated rings. The molecule has 7 heteroatoms. The topological polar surface area (TPSA) is 72.2 Å². The lowest BCUT2D eigenvalue weighted by Gasteiger charge is -2.37. The van der Waals surface area contributed by atoms with Gasteiger partial charge in [-0.3, -0.25) is 9.59 Å². The second kappa shape index (κ2) is 9.50. The summed E-state index contributed by atoms with van der Waals surface area (Å²) in [6, 6.07) is 21.1. The molecule has 0 spiro atoms. The predicted octanol–water partition coefficient (Wildman–Crippen LogP) is 3.53. The third-order valence-electron chi connectivity index (χ3n) is 5.98. The van der Waals surface area contributed by atoms with Crippen molar-refractivity contribution in [3.05, 3.63) is 72.5 Å². The van der Waals surface area contributed by atoms with E-state index in [0.29, 0.717) is 44.2 Å². The first-order valence-electron chi connectivity index (χ1n) is 11.3. The summed E-state index contributed by atoms with van der Waals surface area (Å²) >= 11 is 0. The average molecular weight is 447 g/mol. The fourth-order valence-electron chi connectivity index (χ4n) is 4.22. The van der Waals surface area contributed by atoms with Crippen LogP contribution in [-0.4, -0.2) is 55.7 Å². The number of benzene rings is 2. The first kappa shape index (κ1) is 21.3. The Morgan fingerprint density at radius 3 is 2.48 bits per heavy atom. The number of hydrogen-bond donors (Lipinski definition) is 0. The van der Waals surface area contributed by atoms with Crippen LogP contribution in [0.3, 0.4) is 0 Å². The van der Waals surface area contributed by atoms with E-state index < -0.39 is 6.10 Å². The summed E-state index contributed by atoms with van der Waals surface area (Å²) in [4.78, 5) is 29.7. The Labute approximate surface area is 192 Å². The van der Waals surface area contributed by atoms with Gasteiger partial charge in [0.2, 0.25) is 5.91 Å². The monoisotopic (exact) mass is 446 g/mol. The van der Waals surface area contributed by atoms with Gasteiger partial charge in [0.25, 0.3) is 5.91 Å². The molecular formula is C26H26N2O5. The van der Waals surface area contributed by atoms with Crippen LogP contribution in [0.5, 0.6) is 5.75 Å². The van der Waals surface area contributed by atoms with Crippen LogP contribution < -0.4 is 9.64 Å². The minimum Gasteiger partial charge on any atom is -0.476 e. The lowest BCUT2D eigenvalue weighted by molar-refractivity contribution is -0.142. The van der Waals surface area contributed by atoms with Gasteiger partial charge in [0.05, 0.1) is 25.4 Å². The number of furan rings is 1. The number of morpholine rings is 1. The summed E-state index contributed by atoms with van der Waals surface area (Å²) in [7, 11) is 0. The summed E-state index contributed by atoms with van der Waals surface area (Å²) < 4.78 is 17.3. The zero-order valence-electron chi connectivity index (χ0n) is 18.3. The summed E-state index contributed by atoms with van der Waals surface area (Å²) in [6.45, 7) is 2.31. The Morgan fingerprint density at radius 2 is 1.67 bits per heavy atom. The number of carbonyl (C=O) groups excluding carboxylic acids is 2. The average Bonchev–Trinajstić information content (AvgIpc) is 3.36. The van der Waals surface area contributed by atoms with Crippen LogP contribution in [0.2, 0.25) is 0 Å². The lowest BCUT2D eigenvalue weighted by Crippen LogP contribution is -2.54. The molecule has 2 aliphatic heterocycles. The minimum atomic E-state index is -0.727. The van der Waals surface area contributed by atoms with E-state index in [4.69, 9.17) is 13.9 Å². The number of rotatable bonds is 5. The molecule has 2 amide bonds. The minimum absolute atomic E-state index is 0.0665. The van der Waals surface area contributed by atoms with Crippen molar-refractivity contribution >= 4 is 17.5 Å². The van der Waals surface area contributed by atoms with Gasteiger partial charge in [-0.2, -0.15) is 0 Å². The molecule has 1 aromatic heterocycles. The highest BCUT2D eigenvalue weighted by Gasteiger charge is 2.36. The smallest absolute Gasteiger partial charge is 0.265 e. The van der Waals surface area contributed by atoms with E-state index in [-0.39, 0.29) is 24.8 Å². The molecule has 0 radical (unpaired) electrons. The van der Waals surface area contributed by atoms with Crippen molar-refractivity contribution in [2.45, 2.75) is 18.9 Å². The maximum atomic E-state index is 13.2. The molecule has 3 aromatic rings. The molecular weight excluding hydrogens is 420 g/mol. The van der Waals surface area contributed by atoms with E-state index in [9.17, 15) is 9.59 Å². The van der Waals surface area contributed by atoms with Crippen LogP contribution in [0.1, 0.15) is 12.2 Å². The Morgan fingerprint density at radius 1 is 0.909 bits per heavy atom. The van der Waals surface area contributed by atoms with Gasteiger partial charge < -0.3 is 23.7 Å². The SMILES string of the molecule is O=C(C1CN(C(=O)CCc2ccc(-c3ccccc3)o2)c2ccccc2O1)N1CCOCC1. The number of nitrogens with zero attached hydrogens (tertiary/aromatic N) is 2. The van der Waals surface area contributed by atoms with Crippen LogP contribution in [0.25, 0.3) is 11.3 Å². The molecule has 2 aliphatic rings. The molecule has 7 nitrogen and oxygen atoms in total. The summed E-state index contributed by atoms with van der Waals surface area (Å²) in [5.74, 6) is 1.91. The van der Waals surface area contributed by atoms with Crippen LogP contribution in [-0.2, 0) is 20.7 Å². The first-order chi connectivity index (χ1) is 16.2. The van der Waals surface area contributed by atoms with Crippen molar-refractivity contribution < 1.29 is 23.5 Å². The third-order valence-corrected chi connectivity index (χ3v) is 5.98. The maximum Gasteiger partial charge on any atom is 0.265 e. The molecule has 1 atom stereocenters. The number of ether oxygens (including phenoxy) is 2. The van der Waals surface area contributed by atoms with Gasteiger partial charge in [0, 0.05) is 31.5 Å². The Kier molecular flexibility index (Phi) is 6.13. The molecule has 0 saturated carbocycles. The molecule has 33 heavy (non-hydrogen) atoms. The zero-order valence-corrected chi connectivity index (χ0v) is 18.3. The van der Waals surface area contributed by atoms with Crippen molar-refractivity contribution in [2.75, 3.05) is 37.7 Å². The summed E-state index contributed by atoms with van der Waals surface area (Å²) in [5, 5.41) is 0. The van der Waals surface area contributed by atoms with Crippen molar-refractivity contribution in [1.29, 1.82) is 0 Å². The number of hydrogen-bond acceptors (Lipinski definition) is 5. The van der Waals surface area contributed by atoms with Crippen LogP contribution in [0.4, 0.5) is 5.69 Å². The third kappa shape index (κ3) is 4.64. The van der Waals surface area contributed by atoms with Crippen LogP contribution in [0.15, 0.2) is 71.1 Å². The van der Waals surface area contributed by atoms with Crippen molar-refractivity contribution in [3.8, 4) is 17.1 Å². The Hall–Kier alpha value is -3.58. The maximum absolute atomic E-state index is 13.2. The zero-order chi connectivity index (χ0) is 22.6. The molecule has 1 unspecified atom stereocenters. The van der Waals surface area contributed by atoms with Crippen molar-refractivity contribution in [1.82, 2.24) is 4.90 Å². The molecule has 0 aliphatic carbocycles. The fourth-order valence-corrected chi connectivity index (χ4v) is 4.22. The second-order valence-electron chi connectivity index (χ2n) is 8.15. The standard InChI is InChI=1S/C26H26N2O5/c29-25(13-11-20-10-12-22(32-20)19-6-2-1-3-7-19)28-18-24(26(30)27-14-16-31-17-15-27)33-23-9-5-4-8-21(23)28/h1-10,12,24H,11,13-18H2. The van der Waals surface area contributed by atoms with Gasteiger partial charge in [-0.25, -0.2) is 0 Å². The largest absolute Gasteiger partial charge is 0.476 e. The normalized spacial score (nSPS) is 17.9. The number of amides is 2. The van der Waals surface area contributed by atoms with Gasteiger partial charge in [-0.1, -0.05) is 42.5 Å². The predicted molar refractivity (Wildman–Crippen MR) is 123 cm³/mol. The molecule has 3 heterocycles. The number of fused-ring (bicyclic) bond motifs is 1. The molecule has 170 valence electrons. The quantitative estimate of drug-likeness (QED) is 0.600. The number of aryl methyl sites for hydroxylation is 1. The van der Waals surface area contributed by atoms with Gasteiger partial charge in [-0.05, 0) is 24.3 Å². The lowest BCUT2D eigenvalue weighted by atomic mass is 10.1. The van der Waals surface area contributed by atoms with Crippen LogP contribution >= 0.6 is 0 Å². The van der Waals surface area contributed by atoms with Gasteiger partial charge in [0.1, 0.15) is 17.3 Å². The van der Waals surface area contributed by atoms with E-state index in [0.717, 1.165) is 17.1 Å². The van der Waals surface area contributed by atoms with E-state index in [2.05, 4.69) is 0 Å². The van der Waals surface area contributed by atoms with Crippen molar-refractivity contribution in [2.24, 2.45) is 0 Å². The van der Waals surface area contributed by atoms with E-state index in [1.807, 2.05) is 60.7 Å². The van der Waals surface area contributed by atoms with E-state index >= 15 is 0 Å². The van der Waals surface area contributed by atoms with Gasteiger partial charge in [-0.15, -0.1) is 0 Å². The number of para-hydroxylation sites is 2. The summed E-state index contributed by atoms with van der Waals surface area (Å²) in [5.41, 5.74) is 1.69. The molecule has 0 N–H and O–H groups in total. The highest BCUT2D eigenvalue weighted by molar-refractivity contribution is 5.97. The van der Waals surface area contributed by atoms with Crippen LogP contribution in [0, 0.1) is 0 Å². The molecule has 0 bridgehead atoms. The van der Waals surface area contributed by atoms with Crippen molar-refractivity contribution in [3.63, 3.8) is 0 Å². The number of carbonyl (C=O) groups is 2. The molecule has 2 aromatic carbocycles. The Balaban J connectivity index is 1.28. The first-order valence-corrected chi connectivity index (χ1v) is 11.3. The number of anilines is 1. The molecule has 1 saturated heterocycles. The molecule has 5 rings (SSSR count). The highest BCUT2D eigenvalue weighted by atomic mass is 16.5. The van der Waals surface area contributed by atoms with E-state index in [1.54, 1.807) is 15.9 Å². The highest BCUT2D eigenvalue weighted by Crippen LogP contribution is 2.34. The van der Waals surface area contributed by atoms with Gasteiger partial charge >= 0.3 is 0 Å².